The van der Waals surface area contributed by atoms with Crippen molar-refractivity contribution >= 4 is 34.8 Å². The number of non-ortho nitro benzene ring substituents is 1. The van der Waals surface area contributed by atoms with Gasteiger partial charge in [0.05, 0.1) is 25.2 Å². The van der Waals surface area contributed by atoms with Crippen molar-refractivity contribution in [2.45, 2.75) is 18.0 Å². The van der Waals surface area contributed by atoms with E-state index in [2.05, 4.69) is 0 Å². The van der Waals surface area contributed by atoms with Crippen molar-refractivity contribution in [1.29, 1.82) is 0 Å². The molecule has 1 fully saturated rings. The number of nitro benzene ring substituents is 1. The zero-order chi connectivity index (χ0) is 30.7. The quantitative estimate of drug-likeness (QED) is 0.118. The average Bonchev–Trinajstić information content (AvgIpc) is 3.49. The number of nitrogens with zero attached hydrogens (tertiary/aromatic N) is 2. The molecule has 0 bridgehead atoms. The second-order valence-electron chi connectivity index (χ2n) is 11.0. The van der Waals surface area contributed by atoms with Gasteiger partial charge in [-0.25, -0.2) is 0 Å². The number of benzene rings is 4. The van der Waals surface area contributed by atoms with Crippen molar-refractivity contribution in [3.8, 4) is 11.5 Å². The molecule has 9 nitrogen and oxygen atoms in total. The molecule has 0 radical (unpaired) electrons. The summed E-state index contributed by atoms with van der Waals surface area (Å²) in [6.07, 6.45) is 3.73. The lowest BCUT2D eigenvalue weighted by Gasteiger charge is -2.37. The number of anilines is 1. The normalized spacial score (nSPS) is 20.7. The van der Waals surface area contributed by atoms with Gasteiger partial charge in [0.2, 0.25) is 0 Å². The first-order chi connectivity index (χ1) is 21.3. The lowest BCUT2D eigenvalue weighted by Crippen LogP contribution is -2.48. The molecule has 7 rings (SSSR count). The van der Waals surface area contributed by atoms with Gasteiger partial charge in [-0.2, -0.15) is 0 Å². The fourth-order valence-corrected chi connectivity index (χ4v) is 7.34. The van der Waals surface area contributed by atoms with Gasteiger partial charge >= 0.3 is 0 Å². The highest BCUT2D eigenvalue weighted by Gasteiger charge is 2.72. The van der Waals surface area contributed by atoms with E-state index in [4.69, 9.17) is 9.47 Å². The molecule has 3 atom stereocenters. The number of methoxy groups -OCH3 is 2. The number of hydrogen-bond donors (Lipinski definition) is 0. The molecule has 0 aromatic heterocycles. The van der Waals surface area contributed by atoms with E-state index < -0.39 is 34.1 Å². The van der Waals surface area contributed by atoms with Crippen LogP contribution in [0, 0.1) is 15.5 Å². The topological polar surface area (TPSA) is 116 Å². The smallest absolute Gasteiger partial charge is 0.269 e. The van der Waals surface area contributed by atoms with E-state index in [0.29, 0.717) is 33.9 Å². The minimum Gasteiger partial charge on any atom is -0.493 e. The summed E-state index contributed by atoms with van der Waals surface area (Å²) in [6.45, 7) is 0. The minimum absolute atomic E-state index is 0.156. The summed E-state index contributed by atoms with van der Waals surface area (Å²) in [5.74, 6) is -1.45. The molecule has 1 spiro atoms. The molecule has 0 N–H and O–H groups in total. The molecule has 1 saturated heterocycles. The molecule has 9 heteroatoms. The zero-order valence-corrected chi connectivity index (χ0v) is 23.8. The van der Waals surface area contributed by atoms with Crippen LogP contribution in [-0.2, 0) is 0 Å². The first-order valence-electron chi connectivity index (χ1n) is 14.1. The van der Waals surface area contributed by atoms with Crippen molar-refractivity contribution in [3.63, 3.8) is 0 Å². The van der Waals surface area contributed by atoms with Gasteiger partial charge in [0.25, 0.3) is 5.69 Å². The molecule has 218 valence electrons. The molecule has 0 unspecified atom stereocenters. The Balaban J connectivity index is 1.56. The van der Waals surface area contributed by atoms with Crippen molar-refractivity contribution in [2.75, 3.05) is 19.1 Å². The van der Waals surface area contributed by atoms with E-state index in [1.165, 1.54) is 38.5 Å². The number of para-hydroxylation sites is 2. The number of fused-ring (bicyclic) bond motifs is 5. The lowest BCUT2D eigenvalue weighted by molar-refractivity contribution is -0.384. The maximum atomic E-state index is 14.8. The molecule has 44 heavy (non-hydrogen) atoms. The van der Waals surface area contributed by atoms with E-state index in [9.17, 15) is 24.5 Å². The SMILES string of the molecule is COc1cccc([C@H]2[C@H](C(=O)c3ccc([N+](=O)[O-])cc3)N3c4ccccc4C=C[C@@H]3C23C(=O)c2ccccc2C3=O)c1OC. The highest BCUT2D eigenvalue weighted by atomic mass is 16.6. The molecule has 2 aliphatic heterocycles. The van der Waals surface area contributed by atoms with E-state index in [1.807, 2.05) is 41.3 Å². The lowest BCUT2D eigenvalue weighted by atomic mass is 9.64. The molecular formula is C35H26N2O7. The Hall–Kier alpha value is -5.57. The predicted molar refractivity (Wildman–Crippen MR) is 163 cm³/mol. The molecule has 0 saturated carbocycles. The number of ketones is 3. The molecule has 1 aliphatic carbocycles. The Bertz CT molecular complexity index is 1880. The highest BCUT2D eigenvalue weighted by Crippen LogP contribution is 2.62. The molecule has 3 aliphatic rings. The third-order valence-electron chi connectivity index (χ3n) is 9.11. The predicted octanol–water partition coefficient (Wildman–Crippen LogP) is 5.93. The maximum absolute atomic E-state index is 14.8. The summed E-state index contributed by atoms with van der Waals surface area (Å²) < 4.78 is 11.5. The fourth-order valence-electron chi connectivity index (χ4n) is 7.34. The van der Waals surface area contributed by atoms with Crippen LogP contribution >= 0.6 is 0 Å². The van der Waals surface area contributed by atoms with Gasteiger partial charge in [-0.05, 0) is 29.8 Å². The Labute approximate surface area is 252 Å². The largest absolute Gasteiger partial charge is 0.493 e. The van der Waals surface area contributed by atoms with E-state index >= 15 is 0 Å². The summed E-state index contributed by atoms with van der Waals surface area (Å²) in [5.41, 5.74) is 0.937. The van der Waals surface area contributed by atoms with E-state index in [1.54, 1.807) is 42.5 Å². The third kappa shape index (κ3) is 3.55. The van der Waals surface area contributed by atoms with Crippen molar-refractivity contribution in [1.82, 2.24) is 0 Å². The van der Waals surface area contributed by atoms with Gasteiger partial charge in [0, 0.05) is 46.0 Å². The first-order valence-corrected chi connectivity index (χ1v) is 14.1. The van der Waals surface area contributed by atoms with Crippen LogP contribution in [0.3, 0.4) is 0 Å². The van der Waals surface area contributed by atoms with Gasteiger partial charge in [-0.3, -0.25) is 24.5 Å². The number of ether oxygens (including phenoxy) is 2. The molecule has 2 heterocycles. The van der Waals surface area contributed by atoms with Crippen LogP contribution in [0.5, 0.6) is 11.5 Å². The average molecular weight is 587 g/mol. The second-order valence-corrected chi connectivity index (χ2v) is 11.0. The molecule has 0 amide bonds. The van der Waals surface area contributed by atoms with Crippen molar-refractivity contribution in [3.05, 3.63) is 135 Å². The summed E-state index contributed by atoms with van der Waals surface area (Å²) in [4.78, 5) is 57.2. The van der Waals surface area contributed by atoms with Crippen LogP contribution in [0.2, 0.25) is 0 Å². The Kier molecular flexibility index (Phi) is 6.21. The Morgan fingerprint density at radius 1 is 0.841 bits per heavy atom. The first kappa shape index (κ1) is 27.3. The summed E-state index contributed by atoms with van der Waals surface area (Å²) in [6, 6.07) is 23.0. The number of Topliss-reactive ketones (excluding diaryl/α,β-unsaturated/α-hetero) is 3. The van der Waals surface area contributed by atoms with Crippen molar-refractivity contribution < 1.29 is 28.8 Å². The van der Waals surface area contributed by atoms with Crippen molar-refractivity contribution in [2.24, 2.45) is 5.41 Å². The van der Waals surface area contributed by atoms with Crippen LogP contribution in [-0.4, -0.2) is 48.6 Å². The van der Waals surface area contributed by atoms with Gasteiger partial charge in [-0.1, -0.05) is 66.7 Å². The van der Waals surface area contributed by atoms with Crippen LogP contribution < -0.4 is 14.4 Å². The van der Waals surface area contributed by atoms with Gasteiger partial charge in [0.1, 0.15) is 11.5 Å². The van der Waals surface area contributed by atoms with Gasteiger partial charge in [0.15, 0.2) is 28.8 Å². The van der Waals surface area contributed by atoms with E-state index in [-0.39, 0.29) is 22.8 Å². The third-order valence-corrected chi connectivity index (χ3v) is 9.11. The Morgan fingerprint density at radius 3 is 2.14 bits per heavy atom. The number of rotatable bonds is 6. The van der Waals surface area contributed by atoms with E-state index in [0.717, 1.165) is 5.56 Å². The summed E-state index contributed by atoms with van der Waals surface area (Å²) in [7, 11) is 2.97. The number of carbonyl (C=O) groups is 3. The number of nitro groups is 1. The van der Waals surface area contributed by atoms with Gasteiger partial charge in [-0.15, -0.1) is 0 Å². The minimum atomic E-state index is -1.73. The van der Waals surface area contributed by atoms with Crippen LogP contribution in [0.25, 0.3) is 6.08 Å². The highest BCUT2D eigenvalue weighted by molar-refractivity contribution is 6.32. The summed E-state index contributed by atoms with van der Waals surface area (Å²) in [5, 5.41) is 11.4. The van der Waals surface area contributed by atoms with Crippen LogP contribution in [0.4, 0.5) is 11.4 Å². The molecule has 4 aromatic rings. The zero-order valence-electron chi connectivity index (χ0n) is 23.8. The van der Waals surface area contributed by atoms with Crippen LogP contribution in [0.1, 0.15) is 48.1 Å². The monoisotopic (exact) mass is 586 g/mol. The maximum Gasteiger partial charge on any atom is 0.269 e. The second kappa shape index (κ2) is 10.0. The number of hydrogen-bond acceptors (Lipinski definition) is 8. The number of carbonyl (C=O) groups excluding carboxylic acids is 3. The molecular weight excluding hydrogens is 560 g/mol. The van der Waals surface area contributed by atoms with Gasteiger partial charge < -0.3 is 14.4 Å². The Morgan fingerprint density at radius 2 is 1.50 bits per heavy atom. The summed E-state index contributed by atoms with van der Waals surface area (Å²) >= 11 is 0. The standard InChI is InChI=1S/C35H26N2O7/c1-43-27-13-7-11-25(32(27)44-2)29-30(31(38)21-14-17-22(18-15-21)37(41)42)36-26-12-6-3-8-20(26)16-19-28(36)35(29)33(39)23-9-4-5-10-24(23)34(35)40/h3-19,28-30H,1-2H3/t28-,29+,30-/m1/s1. The fraction of sp³-hybridized carbons (Fsp3) is 0.171. The molecule has 4 aromatic carbocycles. The van der Waals surface area contributed by atoms with Crippen LogP contribution in [0.15, 0.2) is 97.1 Å².